The summed E-state index contributed by atoms with van der Waals surface area (Å²) >= 11 is 0. The lowest BCUT2D eigenvalue weighted by Gasteiger charge is -2.32. The summed E-state index contributed by atoms with van der Waals surface area (Å²) in [4.78, 5) is 0. The summed E-state index contributed by atoms with van der Waals surface area (Å²) < 4.78 is 0. The van der Waals surface area contributed by atoms with Gasteiger partial charge < -0.3 is 5.73 Å². The third kappa shape index (κ3) is 3.68. The monoisotopic (exact) mass is 183 g/mol. The van der Waals surface area contributed by atoms with Crippen LogP contribution in [0.5, 0.6) is 0 Å². The second kappa shape index (κ2) is 4.99. The van der Waals surface area contributed by atoms with E-state index in [-0.39, 0.29) is 0 Å². The molecule has 0 spiro atoms. The quantitative estimate of drug-likeness (QED) is 0.696. The van der Waals surface area contributed by atoms with E-state index >= 15 is 0 Å². The van der Waals surface area contributed by atoms with Crippen LogP contribution in [0.3, 0.4) is 0 Å². The van der Waals surface area contributed by atoms with Crippen molar-refractivity contribution in [2.75, 3.05) is 0 Å². The minimum absolute atomic E-state index is 0.382. The molecule has 1 aliphatic carbocycles. The molecule has 1 unspecified atom stereocenters. The van der Waals surface area contributed by atoms with Crippen molar-refractivity contribution >= 4 is 0 Å². The first-order valence-corrected chi connectivity index (χ1v) is 5.85. The van der Waals surface area contributed by atoms with Crippen LogP contribution < -0.4 is 5.73 Å². The molecule has 0 saturated heterocycles. The molecule has 78 valence electrons. The number of rotatable bonds is 5. The van der Waals surface area contributed by atoms with E-state index in [2.05, 4.69) is 20.8 Å². The van der Waals surface area contributed by atoms with Crippen LogP contribution in [0.15, 0.2) is 0 Å². The molecule has 0 aromatic heterocycles. The first-order chi connectivity index (χ1) is 6.09. The van der Waals surface area contributed by atoms with E-state index in [1.807, 2.05) is 0 Å². The van der Waals surface area contributed by atoms with Gasteiger partial charge in [0.15, 0.2) is 0 Å². The number of hydrogen-bond donors (Lipinski definition) is 1. The highest BCUT2D eigenvalue weighted by Crippen LogP contribution is 2.35. The maximum atomic E-state index is 5.87. The van der Waals surface area contributed by atoms with E-state index in [0.717, 1.165) is 17.8 Å². The Hall–Kier alpha value is -0.0400. The smallest absolute Gasteiger partial charge is 0.00132 e. The van der Waals surface area contributed by atoms with Crippen LogP contribution >= 0.6 is 0 Å². The Morgan fingerprint density at radius 1 is 1.23 bits per heavy atom. The van der Waals surface area contributed by atoms with Crippen molar-refractivity contribution in [3.8, 4) is 0 Å². The van der Waals surface area contributed by atoms with Gasteiger partial charge in [0.05, 0.1) is 0 Å². The van der Waals surface area contributed by atoms with Gasteiger partial charge >= 0.3 is 0 Å². The highest BCUT2D eigenvalue weighted by atomic mass is 14.6. The Bertz CT molecular complexity index is 136. The summed E-state index contributed by atoms with van der Waals surface area (Å²) in [5, 5.41) is 0. The predicted octanol–water partition coefficient (Wildman–Crippen LogP) is 3.19. The van der Waals surface area contributed by atoms with Gasteiger partial charge in [-0.05, 0) is 37.5 Å². The lowest BCUT2D eigenvalue weighted by Crippen LogP contribution is -2.26. The predicted molar refractivity (Wildman–Crippen MR) is 58.6 cm³/mol. The standard InChI is InChI=1S/C12H25N/c1-9(2)12(7-10(3)13)8-11-5-4-6-11/h9-12H,4-8,13H2,1-3H3/t10?,12-/m0/s1. The highest BCUT2D eigenvalue weighted by Gasteiger charge is 2.24. The van der Waals surface area contributed by atoms with Crippen LogP contribution in [0.1, 0.15) is 52.9 Å². The zero-order valence-electron chi connectivity index (χ0n) is 9.42. The van der Waals surface area contributed by atoms with Gasteiger partial charge in [0.1, 0.15) is 0 Å². The first kappa shape index (κ1) is 11.0. The normalized spacial score (nSPS) is 22.8. The van der Waals surface area contributed by atoms with Crippen molar-refractivity contribution in [3.63, 3.8) is 0 Å². The zero-order valence-corrected chi connectivity index (χ0v) is 9.42. The van der Waals surface area contributed by atoms with Crippen LogP contribution in [0.2, 0.25) is 0 Å². The number of nitrogens with two attached hydrogens (primary N) is 1. The fourth-order valence-corrected chi connectivity index (χ4v) is 2.27. The zero-order chi connectivity index (χ0) is 9.84. The largest absolute Gasteiger partial charge is 0.328 e. The molecule has 0 aliphatic heterocycles. The Kier molecular flexibility index (Phi) is 4.24. The molecular formula is C12H25N. The van der Waals surface area contributed by atoms with Crippen LogP contribution in [-0.2, 0) is 0 Å². The lowest BCUT2D eigenvalue weighted by molar-refractivity contribution is 0.202. The van der Waals surface area contributed by atoms with Gasteiger partial charge in [-0.25, -0.2) is 0 Å². The van der Waals surface area contributed by atoms with E-state index in [0.29, 0.717) is 6.04 Å². The SMILES string of the molecule is CC(N)C[C@@H](CC1CCC1)C(C)C. The molecule has 0 bridgehead atoms. The summed E-state index contributed by atoms with van der Waals surface area (Å²) in [6.07, 6.45) is 7.06. The van der Waals surface area contributed by atoms with E-state index < -0.39 is 0 Å². The minimum Gasteiger partial charge on any atom is -0.328 e. The maximum Gasteiger partial charge on any atom is 0.00132 e. The average Bonchev–Trinajstić information content (AvgIpc) is 1.92. The van der Waals surface area contributed by atoms with E-state index in [1.54, 1.807) is 0 Å². The molecule has 1 rings (SSSR count). The molecule has 2 atom stereocenters. The molecule has 13 heavy (non-hydrogen) atoms. The molecule has 1 fully saturated rings. The van der Waals surface area contributed by atoms with Crippen molar-refractivity contribution in [1.29, 1.82) is 0 Å². The molecule has 1 aliphatic rings. The maximum absolute atomic E-state index is 5.87. The Morgan fingerprint density at radius 2 is 1.85 bits per heavy atom. The van der Waals surface area contributed by atoms with Crippen LogP contribution in [0, 0.1) is 17.8 Å². The summed E-state index contributed by atoms with van der Waals surface area (Å²) in [5.74, 6) is 2.71. The van der Waals surface area contributed by atoms with Gasteiger partial charge in [-0.2, -0.15) is 0 Å². The van der Waals surface area contributed by atoms with E-state index in [1.165, 1.54) is 32.1 Å². The molecule has 0 heterocycles. The topological polar surface area (TPSA) is 26.0 Å². The number of hydrogen-bond acceptors (Lipinski definition) is 1. The van der Waals surface area contributed by atoms with Crippen molar-refractivity contribution in [1.82, 2.24) is 0 Å². The fraction of sp³-hybridized carbons (Fsp3) is 1.00. The molecule has 0 radical (unpaired) electrons. The molecule has 0 amide bonds. The Labute approximate surface area is 83.1 Å². The summed E-state index contributed by atoms with van der Waals surface area (Å²) in [5.41, 5.74) is 5.87. The minimum atomic E-state index is 0.382. The third-order valence-corrected chi connectivity index (χ3v) is 3.48. The van der Waals surface area contributed by atoms with Gasteiger partial charge in [-0.3, -0.25) is 0 Å². The van der Waals surface area contributed by atoms with Gasteiger partial charge in [-0.1, -0.05) is 33.1 Å². The molecule has 1 saturated carbocycles. The molecule has 0 aromatic rings. The first-order valence-electron chi connectivity index (χ1n) is 5.85. The highest BCUT2D eigenvalue weighted by molar-refractivity contribution is 4.76. The van der Waals surface area contributed by atoms with Gasteiger partial charge in [0.2, 0.25) is 0 Å². The fourth-order valence-electron chi connectivity index (χ4n) is 2.27. The van der Waals surface area contributed by atoms with Crippen molar-refractivity contribution < 1.29 is 0 Å². The van der Waals surface area contributed by atoms with Crippen LogP contribution in [-0.4, -0.2) is 6.04 Å². The lowest BCUT2D eigenvalue weighted by atomic mass is 9.74. The molecule has 1 heteroatoms. The summed E-state index contributed by atoms with van der Waals surface area (Å²) in [7, 11) is 0. The van der Waals surface area contributed by atoms with Crippen LogP contribution in [0.25, 0.3) is 0 Å². The Morgan fingerprint density at radius 3 is 2.15 bits per heavy atom. The second-order valence-corrected chi connectivity index (χ2v) is 5.25. The molecular weight excluding hydrogens is 158 g/mol. The summed E-state index contributed by atoms with van der Waals surface area (Å²) in [6.45, 7) is 6.81. The van der Waals surface area contributed by atoms with Crippen molar-refractivity contribution in [3.05, 3.63) is 0 Å². The van der Waals surface area contributed by atoms with Gasteiger partial charge in [0.25, 0.3) is 0 Å². The van der Waals surface area contributed by atoms with Crippen LogP contribution in [0.4, 0.5) is 0 Å². The second-order valence-electron chi connectivity index (χ2n) is 5.25. The van der Waals surface area contributed by atoms with Crippen molar-refractivity contribution in [2.45, 2.75) is 58.9 Å². The third-order valence-electron chi connectivity index (χ3n) is 3.48. The molecule has 2 N–H and O–H groups in total. The van der Waals surface area contributed by atoms with E-state index in [4.69, 9.17) is 5.73 Å². The van der Waals surface area contributed by atoms with E-state index in [9.17, 15) is 0 Å². The van der Waals surface area contributed by atoms with Gasteiger partial charge in [0, 0.05) is 6.04 Å². The average molecular weight is 183 g/mol. The molecule has 1 nitrogen and oxygen atoms in total. The summed E-state index contributed by atoms with van der Waals surface area (Å²) in [6, 6.07) is 0.382. The Balaban J connectivity index is 2.28. The van der Waals surface area contributed by atoms with Crippen molar-refractivity contribution in [2.24, 2.45) is 23.5 Å². The van der Waals surface area contributed by atoms with Gasteiger partial charge in [-0.15, -0.1) is 0 Å². The molecule has 0 aromatic carbocycles.